The minimum absolute atomic E-state index is 0.147. The third-order valence-corrected chi connectivity index (χ3v) is 5.16. The molecule has 2 amide bonds. The van der Waals surface area contributed by atoms with Crippen LogP contribution in [0.5, 0.6) is 0 Å². The molecule has 9 heteroatoms. The number of para-hydroxylation sites is 2. The van der Waals surface area contributed by atoms with Crippen LogP contribution in [0.4, 0.5) is 5.69 Å². The van der Waals surface area contributed by atoms with Gasteiger partial charge in [0.2, 0.25) is 5.91 Å². The Bertz CT molecular complexity index is 1390. The lowest BCUT2D eigenvalue weighted by Gasteiger charge is -2.16. The highest BCUT2D eigenvalue weighted by molar-refractivity contribution is 6.09. The van der Waals surface area contributed by atoms with E-state index in [9.17, 15) is 14.4 Å². The number of nitrogens with zero attached hydrogens (tertiary/aromatic N) is 2. The van der Waals surface area contributed by atoms with Gasteiger partial charge in [0.05, 0.1) is 29.0 Å². The largest absolute Gasteiger partial charge is 0.383 e. The van der Waals surface area contributed by atoms with Gasteiger partial charge in [-0.1, -0.05) is 12.1 Å². The van der Waals surface area contributed by atoms with Gasteiger partial charge in [-0.2, -0.15) is 0 Å². The lowest BCUT2D eigenvalue weighted by molar-refractivity contribution is -0.114. The molecule has 3 N–H and O–H groups in total. The summed E-state index contributed by atoms with van der Waals surface area (Å²) in [6.07, 6.45) is 0. The van der Waals surface area contributed by atoms with Crippen LogP contribution in [0.15, 0.2) is 47.3 Å². The number of rotatable bonds is 6. The fraction of sp³-hybridized carbons (Fsp3) is 0.217. The van der Waals surface area contributed by atoms with Crippen molar-refractivity contribution in [1.82, 2.24) is 19.9 Å². The average Bonchev–Trinajstić information content (AvgIpc) is 3.13. The van der Waals surface area contributed by atoms with Crippen LogP contribution in [0, 0.1) is 0 Å². The van der Waals surface area contributed by atoms with Crippen molar-refractivity contribution in [2.75, 3.05) is 32.6 Å². The van der Waals surface area contributed by atoms with E-state index >= 15 is 0 Å². The third kappa shape index (κ3) is 3.97. The summed E-state index contributed by atoms with van der Waals surface area (Å²) in [6, 6.07) is 12.3. The van der Waals surface area contributed by atoms with E-state index in [-0.39, 0.29) is 17.5 Å². The molecule has 0 unspecified atom stereocenters. The van der Waals surface area contributed by atoms with Crippen molar-refractivity contribution in [3.8, 4) is 11.4 Å². The molecular weight excluding hydrogens is 410 g/mol. The maximum Gasteiger partial charge on any atom is 0.276 e. The predicted octanol–water partition coefficient (Wildman–Crippen LogP) is 2.75. The number of aromatic amines is 2. The number of ether oxygens (including phenoxy) is 1. The summed E-state index contributed by atoms with van der Waals surface area (Å²) in [5, 5.41) is 3.40. The number of benzene rings is 2. The first-order valence-corrected chi connectivity index (χ1v) is 10.1. The molecule has 0 aliphatic rings. The summed E-state index contributed by atoms with van der Waals surface area (Å²) in [7, 11) is 3.27. The fourth-order valence-corrected chi connectivity index (χ4v) is 3.56. The van der Waals surface area contributed by atoms with E-state index in [1.54, 1.807) is 49.4 Å². The molecular formula is C23H23N5O4. The van der Waals surface area contributed by atoms with E-state index in [4.69, 9.17) is 4.74 Å². The number of nitrogens with one attached hydrogen (secondary N) is 3. The van der Waals surface area contributed by atoms with Gasteiger partial charge >= 0.3 is 0 Å². The molecule has 2 heterocycles. The van der Waals surface area contributed by atoms with Crippen LogP contribution in [0.1, 0.15) is 17.3 Å². The quantitative estimate of drug-likeness (QED) is 0.432. The zero-order valence-corrected chi connectivity index (χ0v) is 18.0. The number of carbonyl (C=O) groups is 2. The molecule has 0 radical (unpaired) electrons. The Balaban J connectivity index is 1.87. The van der Waals surface area contributed by atoms with Crippen LogP contribution in [0.25, 0.3) is 33.3 Å². The standard InChI is InChI=1S/C23H23N5O4/c1-13(29)24-19-15-12-14(23(31)28(2)10-11-32-3)8-9-16(15)25-20(19)21-22(30)27-18-7-5-4-6-17(18)26-21/h4-9,12,25H,10-11H2,1-3H3,(H,24,29)(H,27,30). The number of anilines is 1. The number of hydrogen-bond acceptors (Lipinski definition) is 5. The number of amides is 2. The van der Waals surface area contributed by atoms with Gasteiger partial charge in [0.1, 0.15) is 0 Å². The normalized spacial score (nSPS) is 11.1. The first-order valence-electron chi connectivity index (χ1n) is 10.1. The number of fused-ring (bicyclic) bond motifs is 2. The van der Waals surface area contributed by atoms with Gasteiger partial charge in [0.15, 0.2) is 5.69 Å². The monoisotopic (exact) mass is 433 g/mol. The Kier molecular flexibility index (Phi) is 5.74. The molecule has 0 saturated carbocycles. The van der Waals surface area contributed by atoms with Gasteiger partial charge in [0.25, 0.3) is 11.5 Å². The molecule has 164 valence electrons. The molecule has 0 atom stereocenters. The Morgan fingerprint density at radius 2 is 1.91 bits per heavy atom. The summed E-state index contributed by atoms with van der Waals surface area (Å²) in [5.74, 6) is -0.486. The minimum atomic E-state index is -0.391. The van der Waals surface area contributed by atoms with E-state index in [1.807, 2.05) is 12.1 Å². The van der Waals surface area contributed by atoms with E-state index in [1.165, 1.54) is 6.92 Å². The minimum Gasteiger partial charge on any atom is -0.383 e. The molecule has 9 nitrogen and oxygen atoms in total. The maximum atomic E-state index is 12.8. The van der Waals surface area contributed by atoms with Crippen molar-refractivity contribution in [1.29, 1.82) is 0 Å². The van der Waals surface area contributed by atoms with Crippen LogP contribution in [0.2, 0.25) is 0 Å². The Labute approximate surface area is 183 Å². The number of hydrogen-bond donors (Lipinski definition) is 3. The maximum absolute atomic E-state index is 12.8. The second-order valence-electron chi connectivity index (χ2n) is 7.47. The molecule has 0 aliphatic carbocycles. The first kappa shape index (κ1) is 21.3. The van der Waals surface area contributed by atoms with Gasteiger partial charge in [-0.25, -0.2) is 4.98 Å². The lowest BCUT2D eigenvalue weighted by Crippen LogP contribution is -2.29. The molecule has 0 saturated heterocycles. The van der Waals surface area contributed by atoms with Crippen molar-refractivity contribution in [3.63, 3.8) is 0 Å². The number of likely N-dealkylation sites (N-methyl/N-ethyl adjacent to an activating group) is 1. The highest BCUT2D eigenvalue weighted by Crippen LogP contribution is 2.34. The second kappa shape index (κ2) is 8.64. The Morgan fingerprint density at radius 3 is 2.66 bits per heavy atom. The van der Waals surface area contributed by atoms with E-state index in [2.05, 4.69) is 20.3 Å². The van der Waals surface area contributed by atoms with Crippen molar-refractivity contribution < 1.29 is 14.3 Å². The molecule has 32 heavy (non-hydrogen) atoms. The Morgan fingerprint density at radius 1 is 1.12 bits per heavy atom. The summed E-state index contributed by atoms with van der Waals surface area (Å²) in [5.41, 5.74) is 2.87. The van der Waals surface area contributed by atoms with Crippen LogP contribution in [-0.4, -0.2) is 59.0 Å². The smallest absolute Gasteiger partial charge is 0.276 e. The zero-order chi connectivity index (χ0) is 22.8. The van der Waals surface area contributed by atoms with Crippen LogP contribution in [-0.2, 0) is 9.53 Å². The molecule has 4 rings (SSSR count). The molecule has 0 bridgehead atoms. The van der Waals surface area contributed by atoms with E-state index < -0.39 is 5.56 Å². The highest BCUT2D eigenvalue weighted by atomic mass is 16.5. The number of methoxy groups -OCH3 is 1. The number of H-pyrrole nitrogens is 2. The number of aromatic nitrogens is 3. The topological polar surface area (TPSA) is 120 Å². The summed E-state index contributed by atoms with van der Waals surface area (Å²) in [6.45, 7) is 2.25. The molecule has 2 aromatic heterocycles. The Hall–Kier alpha value is -3.98. The van der Waals surface area contributed by atoms with Gasteiger partial charge in [0, 0.05) is 44.1 Å². The summed E-state index contributed by atoms with van der Waals surface area (Å²) in [4.78, 5) is 49.6. The summed E-state index contributed by atoms with van der Waals surface area (Å²) >= 11 is 0. The van der Waals surface area contributed by atoms with Crippen LogP contribution < -0.4 is 10.9 Å². The van der Waals surface area contributed by atoms with Crippen LogP contribution in [0.3, 0.4) is 0 Å². The van der Waals surface area contributed by atoms with Crippen molar-refractivity contribution in [2.45, 2.75) is 6.92 Å². The highest BCUT2D eigenvalue weighted by Gasteiger charge is 2.21. The second-order valence-corrected chi connectivity index (χ2v) is 7.47. The molecule has 0 spiro atoms. The molecule has 0 fully saturated rings. The lowest BCUT2D eigenvalue weighted by atomic mass is 10.1. The average molecular weight is 433 g/mol. The third-order valence-electron chi connectivity index (χ3n) is 5.16. The van der Waals surface area contributed by atoms with Crippen molar-refractivity contribution in [3.05, 3.63) is 58.4 Å². The van der Waals surface area contributed by atoms with E-state index in [0.717, 1.165) is 0 Å². The predicted molar refractivity (Wildman–Crippen MR) is 123 cm³/mol. The van der Waals surface area contributed by atoms with Crippen molar-refractivity contribution in [2.24, 2.45) is 0 Å². The molecule has 2 aromatic carbocycles. The van der Waals surface area contributed by atoms with Gasteiger partial charge in [-0.3, -0.25) is 14.4 Å². The number of carbonyl (C=O) groups excluding carboxylic acids is 2. The van der Waals surface area contributed by atoms with Gasteiger partial charge in [-0.15, -0.1) is 0 Å². The summed E-state index contributed by atoms with van der Waals surface area (Å²) < 4.78 is 5.04. The van der Waals surface area contributed by atoms with Gasteiger partial charge in [-0.05, 0) is 30.3 Å². The molecule has 4 aromatic rings. The fourth-order valence-electron chi connectivity index (χ4n) is 3.56. The van der Waals surface area contributed by atoms with Crippen LogP contribution >= 0.6 is 0 Å². The molecule has 0 aliphatic heterocycles. The van der Waals surface area contributed by atoms with E-state index in [0.29, 0.717) is 52.0 Å². The first-order chi connectivity index (χ1) is 15.4. The SMILES string of the molecule is COCCN(C)C(=O)c1ccc2[nH]c(-c3nc4ccccc4[nH]c3=O)c(NC(C)=O)c2c1. The zero-order valence-electron chi connectivity index (χ0n) is 18.0. The van der Waals surface area contributed by atoms with Crippen molar-refractivity contribution >= 4 is 39.4 Å². The van der Waals surface area contributed by atoms with Gasteiger partial charge < -0.3 is 24.9 Å².